The lowest BCUT2D eigenvalue weighted by atomic mass is 10.1. The SMILES string of the molecule is C/C(=N\N=C(N)N)c1ccc(NC(=O)Nc2nc(C)c(C(=O)NCc3ccc(Cl)cc3Cl)s2)cc1. The molecule has 13 heteroatoms. The molecule has 7 N–H and O–H groups in total. The minimum atomic E-state index is -0.503. The van der Waals surface area contributed by atoms with Gasteiger partial charge in [0, 0.05) is 22.3 Å². The van der Waals surface area contributed by atoms with E-state index >= 15 is 0 Å². The van der Waals surface area contributed by atoms with Crippen LogP contribution in [0.15, 0.2) is 52.7 Å². The first-order valence-electron chi connectivity index (χ1n) is 10.1. The Hall–Kier alpha value is -3.67. The molecule has 0 aliphatic carbocycles. The Morgan fingerprint density at radius 1 is 1.06 bits per heavy atom. The van der Waals surface area contributed by atoms with Crippen LogP contribution in [0, 0.1) is 6.92 Å². The summed E-state index contributed by atoms with van der Waals surface area (Å²) >= 11 is 13.1. The number of carbonyl (C=O) groups excluding carboxylic acids is 2. The maximum Gasteiger partial charge on any atom is 0.325 e. The highest BCUT2D eigenvalue weighted by atomic mass is 35.5. The number of anilines is 2. The third-order valence-corrected chi connectivity index (χ3v) is 6.21. The number of nitrogens with one attached hydrogen (secondary N) is 3. The predicted octanol–water partition coefficient (Wildman–Crippen LogP) is 4.33. The van der Waals surface area contributed by atoms with Crippen molar-refractivity contribution in [1.82, 2.24) is 10.3 Å². The van der Waals surface area contributed by atoms with Crippen molar-refractivity contribution in [3.63, 3.8) is 0 Å². The van der Waals surface area contributed by atoms with Gasteiger partial charge in [0.2, 0.25) is 5.96 Å². The summed E-state index contributed by atoms with van der Waals surface area (Å²) in [5, 5.41) is 16.9. The number of amides is 3. The van der Waals surface area contributed by atoms with E-state index in [1.165, 1.54) is 0 Å². The fourth-order valence-electron chi connectivity index (χ4n) is 2.83. The molecular formula is C22H22Cl2N8O2S. The second-order valence-corrected chi connectivity index (χ2v) is 9.06. The summed E-state index contributed by atoms with van der Waals surface area (Å²) in [4.78, 5) is 29.6. The lowest BCUT2D eigenvalue weighted by molar-refractivity contribution is 0.0954. The topological polar surface area (TPSA) is 160 Å². The molecule has 0 aliphatic heterocycles. The van der Waals surface area contributed by atoms with Crippen LogP contribution in [0.3, 0.4) is 0 Å². The average Bonchev–Trinajstić information content (AvgIpc) is 3.16. The minimum Gasteiger partial charge on any atom is -0.369 e. The predicted molar refractivity (Wildman–Crippen MR) is 142 cm³/mol. The van der Waals surface area contributed by atoms with E-state index in [0.29, 0.717) is 32.0 Å². The van der Waals surface area contributed by atoms with Crippen molar-refractivity contribution in [3.8, 4) is 0 Å². The number of hydrogen-bond acceptors (Lipinski definition) is 6. The molecule has 0 atom stereocenters. The molecule has 3 amide bonds. The molecule has 0 radical (unpaired) electrons. The molecule has 0 saturated heterocycles. The van der Waals surface area contributed by atoms with Crippen molar-refractivity contribution in [2.75, 3.05) is 10.6 Å². The number of thiazole rings is 1. The fraction of sp³-hybridized carbons (Fsp3) is 0.136. The second-order valence-electron chi connectivity index (χ2n) is 7.22. The molecule has 1 aromatic heterocycles. The van der Waals surface area contributed by atoms with Crippen LogP contribution >= 0.6 is 34.5 Å². The lowest BCUT2D eigenvalue weighted by Gasteiger charge is -2.07. The van der Waals surface area contributed by atoms with Gasteiger partial charge in [0.25, 0.3) is 5.91 Å². The summed E-state index contributed by atoms with van der Waals surface area (Å²) in [6.07, 6.45) is 0. The van der Waals surface area contributed by atoms with Gasteiger partial charge in [-0.1, -0.05) is 52.7 Å². The van der Waals surface area contributed by atoms with E-state index in [1.54, 1.807) is 56.3 Å². The van der Waals surface area contributed by atoms with Gasteiger partial charge in [0.05, 0.1) is 11.4 Å². The molecule has 10 nitrogen and oxygen atoms in total. The Balaban J connectivity index is 1.58. The first-order valence-corrected chi connectivity index (χ1v) is 11.7. The van der Waals surface area contributed by atoms with Gasteiger partial charge in [-0.2, -0.15) is 5.10 Å². The van der Waals surface area contributed by atoms with Gasteiger partial charge in [-0.15, -0.1) is 5.10 Å². The Kier molecular flexibility index (Phi) is 8.63. The fourth-order valence-corrected chi connectivity index (χ4v) is 4.18. The zero-order chi connectivity index (χ0) is 25.5. The molecule has 0 unspecified atom stereocenters. The molecule has 0 bridgehead atoms. The Morgan fingerprint density at radius 2 is 1.77 bits per heavy atom. The largest absolute Gasteiger partial charge is 0.369 e. The third-order valence-electron chi connectivity index (χ3n) is 4.55. The summed E-state index contributed by atoms with van der Waals surface area (Å²) in [5.41, 5.74) is 13.7. The van der Waals surface area contributed by atoms with Gasteiger partial charge in [-0.3, -0.25) is 10.1 Å². The number of guanidine groups is 1. The van der Waals surface area contributed by atoms with Crippen molar-refractivity contribution in [2.45, 2.75) is 20.4 Å². The molecule has 0 saturated carbocycles. The molecule has 2 aromatic carbocycles. The molecule has 3 rings (SSSR count). The lowest BCUT2D eigenvalue weighted by Crippen LogP contribution is -2.22. The van der Waals surface area contributed by atoms with E-state index in [1.807, 2.05) is 0 Å². The number of benzene rings is 2. The van der Waals surface area contributed by atoms with E-state index < -0.39 is 6.03 Å². The Labute approximate surface area is 215 Å². The minimum absolute atomic E-state index is 0.136. The van der Waals surface area contributed by atoms with Gasteiger partial charge < -0.3 is 22.1 Å². The van der Waals surface area contributed by atoms with E-state index in [-0.39, 0.29) is 23.5 Å². The van der Waals surface area contributed by atoms with Crippen LogP contribution in [0.4, 0.5) is 15.6 Å². The quantitative estimate of drug-likeness (QED) is 0.173. The maximum atomic E-state index is 12.6. The van der Waals surface area contributed by atoms with Crippen LogP contribution in [-0.4, -0.2) is 28.6 Å². The van der Waals surface area contributed by atoms with Crippen LogP contribution in [-0.2, 0) is 6.54 Å². The monoisotopic (exact) mass is 532 g/mol. The number of urea groups is 1. The molecule has 35 heavy (non-hydrogen) atoms. The Morgan fingerprint density at radius 3 is 2.43 bits per heavy atom. The zero-order valence-corrected chi connectivity index (χ0v) is 21.1. The van der Waals surface area contributed by atoms with Crippen molar-refractivity contribution in [1.29, 1.82) is 0 Å². The maximum absolute atomic E-state index is 12.6. The Bertz CT molecular complexity index is 1300. The first kappa shape index (κ1) is 25.9. The number of hydrogen-bond donors (Lipinski definition) is 5. The summed E-state index contributed by atoms with van der Waals surface area (Å²) < 4.78 is 0. The molecule has 182 valence electrons. The van der Waals surface area contributed by atoms with Crippen LogP contribution < -0.4 is 27.4 Å². The smallest absolute Gasteiger partial charge is 0.325 e. The molecule has 0 spiro atoms. The van der Waals surface area contributed by atoms with Crippen LogP contribution in [0.1, 0.15) is 33.4 Å². The van der Waals surface area contributed by atoms with Gasteiger partial charge in [-0.05, 0) is 49.2 Å². The normalized spacial score (nSPS) is 11.0. The second kappa shape index (κ2) is 11.6. The van der Waals surface area contributed by atoms with Crippen molar-refractivity contribution in [2.24, 2.45) is 21.7 Å². The molecular weight excluding hydrogens is 511 g/mol. The molecule has 1 heterocycles. The highest BCUT2D eigenvalue weighted by Gasteiger charge is 2.17. The van der Waals surface area contributed by atoms with Crippen LogP contribution in [0.25, 0.3) is 0 Å². The summed E-state index contributed by atoms with van der Waals surface area (Å²) in [7, 11) is 0. The summed E-state index contributed by atoms with van der Waals surface area (Å²) in [5.74, 6) is -0.462. The molecule has 0 fully saturated rings. The highest BCUT2D eigenvalue weighted by molar-refractivity contribution is 7.17. The molecule has 0 aliphatic rings. The number of carbonyl (C=O) groups is 2. The van der Waals surface area contributed by atoms with Crippen LogP contribution in [0.2, 0.25) is 10.0 Å². The van der Waals surface area contributed by atoms with Gasteiger partial charge >= 0.3 is 6.03 Å². The number of nitrogens with two attached hydrogens (primary N) is 2. The summed E-state index contributed by atoms with van der Waals surface area (Å²) in [6.45, 7) is 3.67. The van der Waals surface area contributed by atoms with Crippen molar-refractivity contribution in [3.05, 3.63) is 74.2 Å². The van der Waals surface area contributed by atoms with E-state index in [9.17, 15) is 9.59 Å². The van der Waals surface area contributed by atoms with E-state index in [2.05, 4.69) is 31.1 Å². The first-order chi connectivity index (χ1) is 16.6. The van der Waals surface area contributed by atoms with Gasteiger partial charge in [0.15, 0.2) is 5.13 Å². The highest BCUT2D eigenvalue weighted by Crippen LogP contribution is 2.24. The standard InChI is InChI=1S/C22H22Cl2N8O2S/c1-11(31-32-20(25)26)13-4-7-16(8-5-13)29-21(34)30-22-28-12(2)18(35-22)19(33)27-10-14-3-6-15(23)9-17(14)24/h3-9H,10H2,1-2H3,(H,27,33)(H4,25,26,32)(H2,28,29,30,34)/b31-11+. The van der Waals surface area contributed by atoms with E-state index in [4.69, 9.17) is 34.7 Å². The van der Waals surface area contributed by atoms with E-state index in [0.717, 1.165) is 22.5 Å². The zero-order valence-electron chi connectivity index (χ0n) is 18.7. The molecule has 3 aromatic rings. The van der Waals surface area contributed by atoms with Gasteiger partial charge in [0.1, 0.15) is 4.88 Å². The van der Waals surface area contributed by atoms with Crippen LogP contribution in [0.5, 0.6) is 0 Å². The number of nitrogens with zero attached hydrogens (tertiary/aromatic N) is 3. The summed E-state index contributed by atoms with van der Waals surface area (Å²) in [6, 6.07) is 11.5. The average molecular weight is 533 g/mol. The number of rotatable bonds is 7. The number of halogens is 2. The number of aromatic nitrogens is 1. The van der Waals surface area contributed by atoms with Gasteiger partial charge in [-0.25, -0.2) is 9.78 Å². The number of aryl methyl sites for hydroxylation is 1. The van der Waals surface area contributed by atoms with Crippen molar-refractivity contribution >= 4 is 69.0 Å². The third kappa shape index (κ3) is 7.41. The van der Waals surface area contributed by atoms with Crippen molar-refractivity contribution < 1.29 is 9.59 Å².